The predicted octanol–water partition coefficient (Wildman–Crippen LogP) is 3.98. The lowest BCUT2D eigenvalue weighted by atomic mass is 9.96. The van der Waals surface area contributed by atoms with Gasteiger partial charge in [-0.3, -0.25) is 0 Å². The Bertz CT molecular complexity index is 687. The summed E-state index contributed by atoms with van der Waals surface area (Å²) in [6.07, 6.45) is 2.22. The first-order chi connectivity index (χ1) is 10.5. The maximum absolute atomic E-state index is 10.7. The molecule has 1 aromatic carbocycles. The van der Waals surface area contributed by atoms with Crippen LogP contribution in [0.4, 0.5) is 5.82 Å². The topological polar surface area (TPSA) is 58.0 Å². The molecule has 116 valence electrons. The van der Waals surface area contributed by atoms with Crippen molar-refractivity contribution in [3.05, 3.63) is 51.9 Å². The molecule has 0 spiro atoms. The van der Waals surface area contributed by atoms with Gasteiger partial charge >= 0.3 is 0 Å². The number of aromatic nitrogens is 2. The Kier molecular flexibility index (Phi) is 4.26. The molecule has 1 aliphatic carbocycles. The van der Waals surface area contributed by atoms with E-state index in [1.807, 2.05) is 18.2 Å². The van der Waals surface area contributed by atoms with Gasteiger partial charge in [0, 0.05) is 29.1 Å². The largest absolute Gasteiger partial charge is 0.384 e. The van der Waals surface area contributed by atoms with Gasteiger partial charge in [-0.2, -0.15) is 0 Å². The van der Waals surface area contributed by atoms with E-state index in [2.05, 4.69) is 15.3 Å². The Hall–Kier alpha value is -1.36. The Labute approximate surface area is 139 Å². The van der Waals surface area contributed by atoms with E-state index >= 15 is 0 Å². The fourth-order valence-electron chi connectivity index (χ4n) is 2.31. The molecule has 0 saturated heterocycles. The molecule has 0 radical (unpaired) electrons. The summed E-state index contributed by atoms with van der Waals surface area (Å²) in [7, 11) is 0. The number of rotatable bonds is 5. The van der Waals surface area contributed by atoms with Crippen molar-refractivity contribution >= 4 is 29.0 Å². The highest BCUT2D eigenvalue weighted by atomic mass is 35.5. The molecule has 1 unspecified atom stereocenters. The molecule has 22 heavy (non-hydrogen) atoms. The molecule has 1 atom stereocenters. The fourth-order valence-corrected chi connectivity index (χ4v) is 2.83. The minimum Gasteiger partial charge on any atom is -0.384 e. The second kappa shape index (κ2) is 6.03. The lowest BCUT2D eigenvalue weighted by molar-refractivity contribution is 0.0715. The number of anilines is 1. The van der Waals surface area contributed by atoms with Gasteiger partial charge < -0.3 is 10.4 Å². The Morgan fingerprint density at radius 3 is 2.68 bits per heavy atom. The first kappa shape index (κ1) is 15.5. The second-order valence-corrected chi connectivity index (χ2v) is 6.61. The first-order valence-corrected chi connectivity index (χ1v) is 7.97. The van der Waals surface area contributed by atoms with Crippen LogP contribution in [-0.4, -0.2) is 21.6 Å². The van der Waals surface area contributed by atoms with Crippen LogP contribution in [0.5, 0.6) is 0 Å². The minimum atomic E-state index is -1.12. The minimum absolute atomic E-state index is 0.272. The summed E-state index contributed by atoms with van der Waals surface area (Å²) >= 11 is 12.2. The van der Waals surface area contributed by atoms with Crippen molar-refractivity contribution in [3.8, 4) is 0 Å². The van der Waals surface area contributed by atoms with Crippen molar-refractivity contribution in [2.75, 3.05) is 11.9 Å². The van der Waals surface area contributed by atoms with Crippen LogP contribution < -0.4 is 5.32 Å². The van der Waals surface area contributed by atoms with Gasteiger partial charge in [0.25, 0.3) is 0 Å². The lowest BCUT2D eigenvalue weighted by Gasteiger charge is -2.25. The van der Waals surface area contributed by atoms with Gasteiger partial charge in [-0.1, -0.05) is 41.4 Å². The summed E-state index contributed by atoms with van der Waals surface area (Å²) in [5.41, 5.74) is -0.443. The van der Waals surface area contributed by atoms with E-state index in [0.29, 0.717) is 27.5 Å². The molecule has 2 aromatic rings. The van der Waals surface area contributed by atoms with Gasteiger partial charge in [0.15, 0.2) is 0 Å². The van der Waals surface area contributed by atoms with Gasteiger partial charge in [-0.25, -0.2) is 9.97 Å². The summed E-state index contributed by atoms with van der Waals surface area (Å²) in [5.74, 6) is 1.81. The monoisotopic (exact) mass is 337 g/mol. The molecule has 1 heterocycles. The number of nitrogens with one attached hydrogen (secondary N) is 1. The Balaban J connectivity index is 1.75. The van der Waals surface area contributed by atoms with Gasteiger partial charge in [0.2, 0.25) is 0 Å². The van der Waals surface area contributed by atoms with E-state index in [1.165, 1.54) is 0 Å². The van der Waals surface area contributed by atoms with Crippen molar-refractivity contribution in [3.63, 3.8) is 0 Å². The number of hydrogen-bond donors (Lipinski definition) is 2. The highest BCUT2D eigenvalue weighted by Gasteiger charge is 2.28. The number of halogens is 2. The standard InChI is InChI=1S/C16H17Cl2N3O/c1-16(22,11-4-2-3-5-12(11)17)9-19-14-8-13(18)20-15(21-14)10-6-7-10/h2-5,8,10,22H,6-7,9H2,1H3,(H,19,20,21). The molecule has 1 aliphatic rings. The van der Waals surface area contributed by atoms with Crippen molar-refractivity contribution in [1.29, 1.82) is 0 Å². The zero-order valence-electron chi connectivity index (χ0n) is 12.2. The maximum atomic E-state index is 10.7. The van der Waals surface area contributed by atoms with E-state index < -0.39 is 5.60 Å². The van der Waals surface area contributed by atoms with E-state index in [9.17, 15) is 5.11 Å². The number of nitrogens with zero attached hydrogens (tertiary/aromatic N) is 2. The summed E-state index contributed by atoms with van der Waals surface area (Å²) < 4.78 is 0. The van der Waals surface area contributed by atoms with Crippen LogP contribution in [0.25, 0.3) is 0 Å². The predicted molar refractivity (Wildman–Crippen MR) is 88.5 cm³/mol. The molecule has 0 aliphatic heterocycles. The van der Waals surface area contributed by atoms with E-state index in [0.717, 1.165) is 18.7 Å². The molecule has 6 heteroatoms. The Morgan fingerprint density at radius 1 is 1.27 bits per heavy atom. The quantitative estimate of drug-likeness (QED) is 0.810. The molecule has 0 bridgehead atoms. The fraction of sp³-hybridized carbons (Fsp3) is 0.375. The van der Waals surface area contributed by atoms with Gasteiger partial charge in [0.1, 0.15) is 22.4 Å². The van der Waals surface area contributed by atoms with Crippen LogP contribution in [0.1, 0.15) is 37.1 Å². The molecule has 1 aromatic heterocycles. The molecular formula is C16H17Cl2N3O. The highest BCUT2D eigenvalue weighted by Crippen LogP contribution is 2.38. The average molecular weight is 338 g/mol. The van der Waals surface area contributed by atoms with E-state index in [-0.39, 0.29) is 6.54 Å². The van der Waals surface area contributed by atoms with Gasteiger partial charge in [0.05, 0.1) is 0 Å². The number of aliphatic hydroxyl groups is 1. The van der Waals surface area contributed by atoms with Crippen molar-refractivity contribution < 1.29 is 5.11 Å². The summed E-state index contributed by atoms with van der Waals surface area (Å²) in [6.45, 7) is 1.99. The smallest absolute Gasteiger partial charge is 0.135 e. The zero-order valence-corrected chi connectivity index (χ0v) is 13.7. The summed E-state index contributed by atoms with van der Waals surface area (Å²) in [5, 5.41) is 14.7. The normalized spacial score (nSPS) is 17.1. The second-order valence-electron chi connectivity index (χ2n) is 5.82. The zero-order chi connectivity index (χ0) is 15.7. The van der Waals surface area contributed by atoms with Crippen LogP contribution in [0.2, 0.25) is 10.2 Å². The molecule has 3 rings (SSSR count). The van der Waals surface area contributed by atoms with Crippen LogP contribution in [0.3, 0.4) is 0 Å². The van der Waals surface area contributed by atoms with Crippen molar-refractivity contribution in [2.45, 2.75) is 31.3 Å². The van der Waals surface area contributed by atoms with Crippen LogP contribution in [0, 0.1) is 0 Å². The average Bonchev–Trinajstić information content (AvgIpc) is 3.30. The molecule has 0 amide bonds. The van der Waals surface area contributed by atoms with E-state index in [1.54, 1.807) is 19.1 Å². The van der Waals surface area contributed by atoms with Crippen LogP contribution in [0.15, 0.2) is 30.3 Å². The molecule has 2 N–H and O–H groups in total. The molecule has 1 fully saturated rings. The lowest BCUT2D eigenvalue weighted by Crippen LogP contribution is -2.31. The van der Waals surface area contributed by atoms with Gasteiger partial charge in [-0.05, 0) is 25.8 Å². The molecule has 4 nitrogen and oxygen atoms in total. The van der Waals surface area contributed by atoms with Crippen molar-refractivity contribution in [1.82, 2.24) is 9.97 Å². The summed E-state index contributed by atoms with van der Waals surface area (Å²) in [4.78, 5) is 8.71. The third-order valence-corrected chi connectivity index (χ3v) is 4.25. The first-order valence-electron chi connectivity index (χ1n) is 7.21. The van der Waals surface area contributed by atoms with E-state index in [4.69, 9.17) is 23.2 Å². The number of hydrogen-bond acceptors (Lipinski definition) is 4. The van der Waals surface area contributed by atoms with Crippen molar-refractivity contribution in [2.24, 2.45) is 0 Å². The van der Waals surface area contributed by atoms with Crippen LogP contribution >= 0.6 is 23.2 Å². The summed E-state index contributed by atoms with van der Waals surface area (Å²) in [6, 6.07) is 8.92. The SMILES string of the molecule is CC(O)(CNc1cc(Cl)nc(C2CC2)n1)c1ccccc1Cl. The molecular weight excluding hydrogens is 321 g/mol. The molecule has 1 saturated carbocycles. The maximum Gasteiger partial charge on any atom is 0.135 e. The van der Waals surface area contributed by atoms with Crippen LogP contribution in [-0.2, 0) is 5.60 Å². The third-order valence-electron chi connectivity index (χ3n) is 3.72. The highest BCUT2D eigenvalue weighted by molar-refractivity contribution is 6.31. The third kappa shape index (κ3) is 3.51. The number of benzene rings is 1. The Morgan fingerprint density at radius 2 is 2.00 bits per heavy atom. The van der Waals surface area contributed by atoms with Gasteiger partial charge in [-0.15, -0.1) is 0 Å².